The van der Waals surface area contributed by atoms with Crippen molar-refractivity contribution >= 4 is 17.9 Å². The number of carbonyl (C=O) groups is 3. The summed E-state index contributed by atoms with van der Waals surface area (Å²) in [6, 6.07) is 0. The topological polar surface area (TPSA) is 78.9 Å². The molecule has 0 aliphatic heterocycles. The van der Waals surface area contributed by atoms with Crippen molar-refractivity contribution in [1.29, 1.82) is 0 Å². The molecule has 0 saturated heterocycles. The maximum atomic E-state index is 12.8. The zero-order valence-corrected chi connectivity index (χ0v) is 40.4. The van der Waals surface area contributed by atoms with E-state index in [0.717, 1.165) is 70.6 Å². The van der Waals surface area contributed by atoms with Crippen LogP contribution in [0.4, 0.5) is 0 Å². The summed E-state index contributed by atoms with van der Waals surface area (Å²) in [6.45, 7) is 6.55. The Morgan fingerprint density at radius 1 is 0.328 bits per heavy atom. The van der Waals surface area contributed by atoms with Crippen molar-refractivity contribution in [2.45, 2.75) is 271 Å². The SMILES string of the molecule is CCCCCC/C=C\CCCC(=O)OCC(COC(=O)CCCCCCC/C=C\CCCCCCCCCCC)OC(=O)CCCCC/C=C\C=C/CCCCCCCCC. The van der Waals surface area contributed by atoms with E-state index in [4.69, 9.17) is 14.2 Å². The minimum atomic E-state index is -0.799. The van der Waals surface area contributed by atoms with E-state index in [1.165, 1.54) is 148 Å². The Balaban J connectivity index is 4.37. The van der Waals surface area contributed by atoms with Crippen molar-refractivity contribution in [1.82, 2.24) is 0 Å². The third-order valence-corrected chi connectivity index (χ3v) is 11.3. The van der Waals surface area contributed by atoms with Gasteiger partial charge >= 0.3 is 17.9 Å². The van der Waals surface area contributed by atoms with Crippen LogP contribution in [0.15, 0.2) is 48.6 Å². The van der Waals surface area contributed by atoms with Crippen LogP contribution in [0.1, 0.15) is 265 Å². The summed E-state index contributed by atoms with van der Waals surface area (Å²) < 4.78 is 16.7. The van der Waals surface area contributed by atoms with Crippen molar-refractivity contribution in [2.24, 2.45) is 0 Å². The number of ether oxygens (including phenoxy) is 3. The van der Waals surface area contributed by atoms with Gasteiger partial charge in [0, 0.05) is 19.3 Å². The molecule has 0 fully saturated rings. The highest BCUT2D eigenvalue weighted by molar-refractivity contribution is 5.71. The second-order valence-electron chi connectivity index (χ2n) is 17.5. The van der Waals surface area contributed by atoms with Crippen LogP contribution < -0.4 is 0 Å². The lowest BCUT2D eigenvalue weighted by Gasteiger charge is -2.18. The molecule has 0 bridgehead atoms. The number of hydrogen-bond acceptors (Lipinski definition) is 6. The van der Waals surface area contributed by atoms with E-state index in [1.54, 1.807) is 0 Å². The van der Waals surface area contributed by atoms with Gasteiger partial charge < -0.3 is 14.2 Å². The van der Waals surface area contributed by atoms with Crippen molar-refractivity contribution in [3.8, 4) is 0 Å². The molecule has 0 heterocycles. The van der Waals surface area contributed by atoms with Crippen molar-refractivity contribution in [3.63, 3.8) is 0 Å². The van der Waals surface area contributed by atoms with Gasteiger partial charge in [-0.1, -0.05) is 204 Å². The lowest BCUT2D eigenvalue weighted by atomic mass is 10.1. The van der Waals surface area contributed by atoms with E-state index in [9.17, 15) is 14.4 Å². The maximum Gasteiger partial charge on any atom is 0.306 e. The minimum Gasteiger partial charge on any atom is -0.462 e. The Morgan fingerprint density at radius 2 is 0.607 bits per heavy atom. The number of carbonyl (C=O) groups excluding carboxylic acids is 3. The Kier molecular flexibility index (Phi) is 47.9. The molecule has 0 N–H and O–H groups in total. The molecule has 6 heteroatoms. The summed E-state index contributed by atoms with van der Waals surface area (Å²) in [4.78, 5) is 37.8. The molecular formula is C55H98O6. The molecule has 0 saturated carbocycles. The highest BCUT2D eigenvalue weighted by atomic mass is 16.6. The quantitative estimate of drug-likeness (QED) is 0.0199. The fourth-order valence-corrected chi connectivity index (χ4v) is 7.31. The van der Waals surface area contributed by atoms with Crippen LogP contribution in [0.3, 0.4) is 0 Å². The van der Waals surface area contributed by atoms with Crippen LogP contribution in [-0.4, -0.2) is 37.2 Å². The number of allylic oxidation sites excluding steroid dienone is 8. The second-order valence-corrected chi connectivity index (χ2v) is 17.5. The smallest absolute Gasteiger partial charge is 0.306 e. The average Bonchev–Trinajstić information content (AvgIpc) is 3.26. The third kappa shape index (κ3) is 48.3. The molecule has 0 aliphatic carbocycles. The molecular weight excluding hydrogens is 757 g/mol. The molecule has 354 valence electrons. The molecule has 1 atom stereocenters. The summed E-state index contributed by atoms with van der Waals surface area (Å²) in [5.74, 6) is -0.962. The number of rotatable bonds is 47. The van der Waals surface area contributed by atoms with Gasteiger partial charge in [-0.2, -0.15) is 0 Å². The first-order valence-corrected chi connectivity index (χ1v) is 26.2. The van der Waals surface area contributed by atoms with Crippen LogP contribution in [-0.2, 0) is 28.6 Å². The fraction of sp³-hybridized carbons (Fsp3) is 0.800. The molecule has 0 aromatic rings. The van der Waals surface area contributed by atoms with Gasteiger partial charge in [-0.05, 0) is 89.9 Å². The van der Waals surface area contributed by atoms with Crippen molar-refractivity contribution in [3.05, 3.63) is 48.6 Å². The summed E-state index contributed by atoms with van der Waals surface area (Å²) in [5, 5.41) is 0. The predicted octanol–water partition coefficient (Wildman–Crippen LogP) is 17.1. The van der Waals surface area contributed by atoms with Crippen LogP contribution in [0.25, 0.3) is 0 Å². The molecule has 61 heavy (non-hydrogen) atoms. The molecule has 0 radical (unpaired) electrons. The van der Waals surface area contributed by atoms with E-state index < -0.39 is 6.10 Å². The second kappa shape index (κ2) is 50.0. The Bertz CT molecular complexity index is 1070. The first-order chi connectivity index (χ1) is 30.0. The molecule has 0 rings (SSSR count). The summed E-state index contributed by atoms with van der Waals surface area (Å²) in [6.07, 6.45) is 59.7. The minimum absolute atomic E-state index is 0.0960. The maximum absolute atomic E-state index is 12.8. The van der Waals surface area contributed by atoms with E-state index in [1.807, 2.05) is 0 Å². The van der Waals surface area contributed by atoms with Gasteiger partial charge in [-0.15, -0.1) is 0 Å². The lowest BCUT2D eigenvalue weighted by Crippen LogP contribution is -2.30. The first-order valence-electron chi connectivity index (χ1n) is 26.2. The van der Waals surface area contributed by atoms with Crippen LogP contribution in [0.2, 0.25) is 0 Å². The zero-order chi connectivity index (χ0) is 44.4. The summed E-state index contributed by atoms with van der Waals surface area (Å²) in [5.41, 5.74) is 0. The largest absolute Gasteiger partial charge is 0.462 e. The monoisotopic (exact) mass is 855 g/mol. The molecule has 0 aliphatic rings. The Labute approximate surface area is 378 Å². The van der Waals surface area contributed by atoms with Crippen LogP contribution in [0, 0.1) is 0 Å². The molecule has 1 unspecified atom stereocenters. The number of hydrogen-bond donors (Lipinski definition) is 0. The van der Waals surface area contributed by atoms with Gasteiger partial charge in [0.15, 0.2) is 6.10 Å². The van der Waals surface area contributed by atoms with E-state index >= 15 is 0 Å². The lowest BCUT2D eigenvalue weighted by molar-refractivity contribution is -0.167. The number of esters is 3. The van der Waals surface area contributed by atoms with Gasteiger partial charge in [0.2, 0.25) is 0 Å². The van der Waals surface area contributed by atoms with Crippen molar-refractivity contribution in [2.75, 3.05) is 13.2 Å². The molecule has 6 nitrogen and oxygen atoms in total. The predicted molar refractivity (Wildman–Crippen MR) is 261 cm³/mol. The zero-order valence-electron chi connectivity index (χ0n) is 40.4. The third-order valence-electron chi connectivity index (χ3n) is 11.3. The normalized spacial score (nSPS) is 12.4. The van der Waals surface area contributed by atoms with Crippen LogP contribution >= 0.6 is 0 Å². The highest BCUT2D eigenvalue weighted by Crippen LogP contribution is 2.14. The van der Waals surface area contributed by atoms with Gasteiger partial charge in [0.25, 0.3) is 0 Å². The molecule has 0 aromatic carbocycles. The summed E-state index contributed by atoms with van der Waals surface area (Å²) in [7, 11) is 0. The summed E-state index contributed by atoms with van der Waals surface area (Å²) >= 11 is 0. The first kappa shape index (κ1) is 58.4. The van der Waals surface area contributed by atoms with Crippen molar-refractivity contribution < 1.29 is 28.6 Å². The van der Waals surface area contributed by atoms with Gasteiger partial charge in [0.1, 0.15) is 13.2 Å². The molecule has 0 spiro atoms. The Hall–Kier alpha value is -2.63. The fourth-order valence-electron chi connectivity index (χ4n) is 7.31. The van der Waals surface area contributed by atoms with Gasteiger partial charge in [0.05, 0.1) is 0 Å². The van der Waals surface area contributed by atoms with E-state index in [0.29, 0.717) is 25.7 Å². The van der Waals surface area contributed by atoms with E-state index in [-0.39, 0.29) is 31.1 Å². The Morgan fingerprint density at radius 3 is 1.02 bits per heavy atom. The molecule has 0 amide bonds. The van der Waals surface area contributed by atoms with Gasteiger partial charge in [-0.25, -0.2) is 0 Å². The highest BCUT2D eigenvalue weighted by Gasteiger charge is 2.19. The van der Waals surface area contributed by atoms with Gasteiger partial charge in [-0.3, -0.25) is 14.4 Å². The standard InChI is InChI=1S/C55H98O6/c1-4-7-10-13-16-19-21-23-25-27-28-30-31-33-36-39-42-45-48-54(57)60-51-52(50-59-53(56)47-44-41-38-35-18-15-12-9-6-3)61-55(58)49-46-43-40-37-34-32-29-26-24-22-20-17-14-11-8-5-2/h26,28-30,32,34-35,38,52H,4-25,27,31,33,36-37,39-51H2,1-3H3/b29-26-,30-28-,34-32-,38-35-. The van der Waals surface area contributed by atoms with E-state index in [2.05, 4.69) is 69.4 Å². The number of unbranched alkanes of at least 4 members (excludes halogenated alkanes) is 29. The average molecular weight is 855 g/mol. The van der Waals surface area contributed by atoms with Crippen LogP contribution in [0.5, 0.6) is 0 Å². The molecule has 0 aromatic heterocycles.